The molecule has 0 spiro atoms. The summed E-state index contributed by atoms with van der Waals surface area (Å²) in [6, 6.07) is 1.34. The van der Waals surface area contributed by atoms with Crippen molar-refractivity contribution in [2.45, 2.75) is 18.8 Å². The number of amides is 1. The van der Waals surface area contributed by atoms with Crippen LogP contribution in [-0.4, -0.2) is 27.6 Å². The van der Waals surface area contributed by atoms with Gasteiger partial charge in [0.05, 0.1) is 21.9 Å². The molecule has 1 aliphatic carbocycles. The van der Waals surface area contributed by atoms with E-state index in [4.69, 9.17) is 0 Å². The zero-order valence-corrected chi connectivity index (χ0v) is 13.8. The Balaban J connectivity index is 1.91. The van der Waals surface area contributed by atoms with Gasteiger partial charge in [0, 0.05) is 12.6 Å². The van der Waals surface area contributed by atoms with Crippen LogP contribution in [0.1, 0.15) is 16.9 Å². The smallest absolute Gasteiger partial charge is 0.321 e. The van der Waals surface area contributed by atoms with Gasteiger partial charge >= 0.3 is 6.18 Å². The van der Waals surface area contributed by atoms with Gasteiger partial charge in [0.15, 0.2) is 11.5 Å². The van der Waals surface area contributed by atoms with Crippen LogP contribution in [-0.2, 0) is 0 Å². The van der Waals surface area contributed by atoms with Gasteiger partial charge in [-0.1, -0.05) is 6.08 Å². The minimum absolute atomic E-state index is 0.135. The minimum Gasteiger partial charge on any atom is -0.321 e. The highest BCUT2D eigenvalue weighted by Crippen LogP contribution is 2.32. The second-order valence-electron chi connectivity index (χ2n) is 5.23. The molecular formula is C15H9BrF5N3O. The number of hydrogen-bond acceptors (Lipinski definition) is 2. The SMILES string of the molecule is O=C(NC1=CC(C(F)(F)F)=CCC1F)c1cnc2c(F)c(Br)ccn12. The Morgan fingerprint density at radius 3 is 2.80 bits per heavy atom. The van der Waals surface area contributed by atoms with Gasteiger partial charge in [-0.15, -0.1) is 0 Å². The largest absolute Gasteiger partial charge is 0.416 e. The zero-order chi connectivity index (χ0) is 18.4. The minimum atomic E-state index is -4.64. The lowest BCUT2D eigenvalue weighted by molar-refractivity contribution is -0.0889. The van der Waals surface area contributed by atoms with Crippen molar-refractivity contribution >= 4 is 27.5 Å². The molecule has 3 rings (SSSR count). The van der Waals surface area contributed by atoms with Crippen molar-refractivity contribution in [3.8, 4) is 0 Å². The molecule has 0 aromatic carbocycles. The van der Waals surface area contributed by atoms with Gasteiger partial charge in [-0.25, -0.2) is 13.8 Å². The third-order valence-corrected chi connectivity index (χ3v) is 4.20. The lowest BCUT2D eigenvalue weighted by Gasteiger charge is -2.19. The Bertz CT molecular complexity index is 916. The van der Waals surface area contributed by atoms with E-state index in [1.165, 1.54) is 12.3 Å². The van der Waals surface area contributed by atoms with E-state index < -0.39 is 41.8 Å². The second kappa shape index (κ2) is 6.25. The van der Waals surface area contributed by atoms with Crippen LogP contribution in [0.5, 0.6) is 0 Å². The lowest BCUT2D eigenvalue weighted by atomic mass is 10.0. The first kappa shape index (κ1) is 17.6. The molecule has 0 bridgehead atoms. The third kappa shape index (κ3) is 3.30. The average molecular weight is 422 g/mol. The number of halogens is 6. The van der Waals surface area contributed by atoms with E-state index in [0.717, 1.165) is 16.7 Å². The van der Waals surface area contributed by atoms with Gasteiger partial charge in [0.1, 0.15) is 11.9 Å². The standard InChI is InChI=1S/C15H9BrF5N3O/c16-8-3-4-24-11(6-22-13(24)12(8)18)14(25)23-10-5-7(15(19,20)21)1-2-9(10)17/h1,3-6,9H,2H2,(H,23,25). The molecule has 132 valence electrons. The summed E-state index contributed by atoms with van der Waals surface area (Å²) < 4.78 is 67.2. The second-order valence-corrected chi connectivity index (χ2v) is 6.08. The molecule has 1 N–H and O–H groups in total. The number of pyridine rings is 1. The van der Waals surface area contributed by atoms with Gasteiger partial charge in [0.2, 0.25) is 0 Å². The fourth-order valence-corrected chi connectivity index (χ4v) is 2.64. The number of imidazole rings is 1. The number of carbonyl (C=O) groups excluding carboxylic acids is 1. The Morgan fingerprint density at radius 2 is 2.12 bits per heavy atom. The zero-order valence-electron chi connectivity index (χ0n) is 12.2. The fraction of sp³-hybridized carbons (Fsp3) is 0.200. The highest BCUT2D eigenvalue weighted by molar-refractivity contribution is 9.10. The topological polar surface area (TPSA) is 46.4 Å². The Morgan fingerprint density at radius 1 is 1.40 bits per heavy atom. The monoisotopic (exact) mass is 421 g/mol. The molecule has 4 nitrogen and oxygen atoms in total. The van der Waals surface area contributed by atoms with E-state index >= 15 is 0 Å². The summed E-state index contributed by atoms with van der Waals surface area (Å²) in [4.78, 5) is 16.0. The van der Waals surface area contributed by atoms with Crippen molar-refractivity contribution in [3.05, 3.63) is 57.9 Å². The summed E-state index contributed by atoms with van der Waals surface area (Å²) in [6.45, 7) is 0. The Kier molecular flexibility index (Phi) is 4.40. The van der Waals surface area contributed by atoms with Crippen molar-refractivity contribution in [3.63, 3.8) is 0 Å². The highest BCUT2D eigenvalue weighted by Gasteiger charge is 2.35. The molecule has 1 amide bonds. The van der Waals surface area contributed by atoms with Crippen molar-refractivity contribution in [1.29, 1.82) is 0 Å². The van der Waals surface area contributed by atoms with E-state index in [9.17, 15) is 26.7 Å². The number of aromatic nitrogens is 2. The molecule has 0 aliphatic heterocycles. The van der Waals surface area contributed by atoms with E-state index in [2.05, 4.69) is 26.2 Å². The van der Waals surface area contributed by atoms with E-state index in [1.807, 2.05) is 0 Å². The molecule has 0 fully saturated rings. The van der Waals surface area contributed by atoms with Gasteiger partial charge in [-0.05, 0) is 28.1 Å². The molecule has 0 radical (unpaired) electrons. The fourth-order valence-electron chi connectivity index (χ4n) is 2.34. The number of nitrogens with one attached hydrogen (secondary N) is 1. The number of nitrogens with zero attached hydrogens (tertiary/aromatic N) is 2. The molecule has 0 saturated carbocycles. The van der Waals surface area contributed by atoms with E-state index in [-0.39, 0.29) is 15.8 Å². The maximum Gasteiger partial charge on any atom is 0.416 e. The molecule has 1 aliphatic rings. The number of hydrogen-bond donors (Lipinski definition) is 1. The van der Waals surface area contributed by atoms with Crippen LogP contribution in [0.2, 0.25) is 0 Å². The van der Waals surface area contributed by atoms with Crippen LogP contribution >= 0.6 is 15.9 Å². The number of fused-ring (bicyclic) bond motifs is 1. The van der Waals surface area contributed by atoms with Gasteiger partial charge in [-0.2, -0.15) is 13.2 Å². The maximum atomic E-state index is 13.9. The van der Waals surface area contributed by atoms with Crippen molar-refractivity contribution in [2.75, 3.05) is 0 Å². The van der Waals surface area contributed by atoms with Gasteiger partial charge in [-0.3, -0.25) is 9.20 Å². The molecule has 2 heterocycles. The number of alkyl halides is 4. The predicted octanol–water partition coefficient (Wildman–Crippen LogP) is 4.08. The Labute approximate surface area is 146 Å². The molecule has 10 heteroatoms. The number of rotatable bonds is 2. The summed E-state index contributed by atoms with van der Waals surface area (Å²) in [7, 11) is 0. The summed E-state index contributed by atoms with van der Waals surface area (Å²) in [5.74, 6) is -1.60. The molecule has 25 heavy (non-hydrogen) atoms. The molecule has 2 aromatic rings. The van der Waals surface area contributed by atoms with Crippen molar-refractivity contribution < 1.29 is 26.7 Å². The first-order chi connectivity index (χ1) is 11.7. The molecule has 1 atom stereocenters. The van der Waals surface area contributed by atoms with Crippen LogP contribution in [0, 0.1) is 5.82 Å². The normalized spacial score (nSPS) is 18.1. The number of carbonyl (C=O) groups is 1. The quantitative estimate of drug-likeness (QED) is 0.742. The molecular weight excluding hydrogens is 413 g/mol. The van der Waals surface area contributed by atoms with Crippen LogP contribution in [0.25, 0.3) is 5.65 Å². The third-order valence-electron chi connectivity index (χ3n) is 3.58. The average Bonchev–Trinajstić information content (AvgIpc) is 2.96. The van der Waals surface area contributed by atoms with Crippen molar-refractivity contribution in [2.24, 2.45) is 0 Å². The highest BCUT2D eigenvalue weighted by atomic mass is 79.9. The Hall–Kier alpha value is -2.23. The van der Waals surface area contributed by atoms with Crippen LogP contribution in [0.15, 0.2) is 46.4 Å². The van der Waals surface area contributed by atoms with Crippen LogP contribution < -0.4 is 5.32 Å². The first-order valence-electron chi connectivity index (χ1n) is 6.94. The first-order valence-corrected chi connectivity index (χ1v) is 7.73. The molecule has 2 aromatic heterocycles. The summed E-state index contributed by atoms with van der Waals surface area (Å²) >= 11 is 2.97. The van der Waals surface area contributed by atoms with Crippen molar-refractivity contribution in [1.82, 2.24) is 14.7 Å². The lowest BCUT2D eigenvalue weighted by Crippen LogP contribution is -2.31. The van der Waals surface area contributed by atoms with E-state index in [1.54, 1.807) is 0 Å². The maximum absolute atomic E-state index is 13.9. The van der Waals surface area contributed by atoms with E-state index in [0.29, 0.717) is 6.08 Å². The van der Waals surface area contributed by atoms with Gasteiger partial charge in [0.25, 0.3) is 5.91 Å². The molecule has 1 unspecified atom stereocenters. The van der Waals surface area contributed by atoms with Gasteiger partial charge < -0.3 is 5.32 Å². The van der Waals surface area contributed by atoms with Crippen LogP contribution in [0.3, 0.4) is 0 Å². The number of allylic oxidation sites excluding steroid dienone is 4. The summed E-state index contributed by atoms with van der Waals surface area (Å²) in [5, 5.41) is 2.11. The summed E-state index contributed by atoms with van der Waals surface area (Å²) in [5.41, 5.74) is -1.83. The summed E-state index contributed by atoms with van der Waals surface area (Å²) in [6.07, 6.45) is -3.25. The van der Waals surface area contributed by atoms with Crippen LogP contribution in [0.4, 0.5) is 22.0 Å². The predicted molar refractivity (Wildman–Crippen MR) is 82.1 cm³/mol. The molecule has 0 saturated heterocycles.